The van der Waals surface area contributed by atoms with Gasteiger partial charge in [-0.1, -0.05) is 43.7 Å². The fourth-order valence-electron chi connectivity index (χ4n) is 6.16. The number of amides is 1. The number of likely N-dealkylation sites (tertiary alicyclic amines) is 2. The van der Waals surface area contributed by atoms with Crippen molar-refractivity contribution in [2.45, 2.75) is 69.6 Å². The van der Waals surface area contributed by atoms with Gasteiger partial charge in [0.05, 0.1) is 17.4 Å². The van der Waals surface area contributed by atoms with Crippen LogP contribution in [0.15, 0.2) is 71.1 Å². The standard InChI is InChI=1S/C34H42N2O3S/c1-5-39-30-11-14-32-28(23-30)7-6-8-33(32)34(37)36-21-17-29(18-22-36)35-19-15-27(16-20-35)25(4)26-9-12-31(13-10-26)40(38)24(2)3/h6-14,23-24,29H,5,15-22H2,1-4H3. The van der Waals surface area contributed by atoms with Gasteiger partial charge in [0, 0.05) is 47.9 Å². The van der Waals surface area contributed by atoms with E-state index >= 15 is 0 Å². The first kappa shape index (κ1) is 28.6. The highest BCUT2D eigenvalue weighted by molar-refractivity contribution is 7.85. The van der Waals surface area contributed by atoms with Gasteiger partial charge in [-0.05, 0) is 97.8 Å². The van der Waals surface area contributed by atoms with Gasteiger partial charge >= 0.3 is 0 Å². The number of rotatable bonds is 7. The number of nitrogens with zero attached hydrogens (tertiary/aromatic N) is 2. The third-order valence-electron chi connectivity index (χ3n) is 8.54. The first-order chi connectivity index (χ1) is 19.4. The summed E-state index contributed by atoms with van der Waals surface area (Å²) < 4.78 is 18.0. The van der Waals surface area contributed by atoms with Crippen LogP contribution in [0.25, 0.3) is 16.3 Å². The molecule has 0 aromatic heterocycles. The van der Waals surface area contributed by atoms with Crippen molar-refractivity contribution in [1.82, 2.24) is 9.80 Å². The van der Waals surface area contributed by atoms with Crippen molar-refractivity contribution in [3.05, 3.63) is 77.4 Å². The van der Waals surface area contributed by atoms with E-state index in [9.17, 15) is 9.00 Å². The van der Waals surface area contributed by atoms with E-state index in [4.69, 9.17) is 4.74 Å². The molecular weight excluding hydrogens is 516 g/mol. The lowest BCUT2D eigenvalue weighted by Crippen LogP contribution is -2.48. The van der Waals surface area contributed by atoms with Gasteiger partial charge in [-0.25, -0.2) is 0 Å². The van der Waals surface area contributed by atoms with Crippen LogP contribution in [0.3, 0.4) is 0 Å². The minimum atomic E-state index is -0.946. The van der Waals surface area contributed by atoms with Crippen LogP contribution in [0.5, 0.6) is 5.75 Å². The Kier molecular flexibility index (Phi) is 9.07. The molecule has 3 aromatic carbocycles. The van der Waals surface area contributed by atoms with Crippen molar-refractivity contribution < 1.29 is 13.7 Å². The first-order valence-electron chi connectivity index (χ1n) is 14.7. The SMILES string of the molecule is CCOc1ccc2c(C(=O)N3CCC(N4CCC(=C(C)c5ccc(S(=O)C(C)C)cc5)CC4)CC3)cccc2c1. The molecule has 2 heterocycles. The molecule has 0 aliphatic carbocycles. The summed E-state index contributed by atoms with van der Waals surface area (Å²) in [4.78, 5) is 19.1. The molecule has 2 aliphatic rings. The maximum atomic E-state index is 13.5. The average Bonchev–Trinajstić information content (AvgIpc) is 3.00. The fraction of sp³-hybridized carbons (Fsp3) is 0.441. The second-order valence-corrected chi connectivity index (χ2v) is 13.3. The summed E-state index contributed by atoms with van der Waals surface area (Å²) in [5, 5.41) is 2.17. The zero-order chi connectivity index (χ0) is 28.2. The van der Waals surface area contributed by atoms with Gasteiger partial charge in [0.1, 0.15) is 5.75 Å². The number of hydrogen-bond acceptors (Lipinski definition) is 4. The quantitative estimate of drug-likeness (QED) is 0.316. The molecule has 0 spiro atoms. The molecule has 0 bridgehead atoms. The normalized spacial score (nSPS) is 17.8. The summed E-state index contributed by atoms with van der Waals surface area (Å²) >= 11 is 0. The second-order valence-electron chi connectivity index (χ2n) is 11.3. The van der Waals surface area contributed by atoms with Gasteiger partial charge in [0.15, 0.2) is 0 Å². The molecule has 2 fully saturated rings. The zero-order valence-corrected chi connectivity index (χ0v) is 25.1. The summed E-state index contributed by atoms with van der Waals surface area (Å²) in [7, 11) is -0.946. The number of piperidine rings is 2. The van der Waals surface area contributed by atoms with Gasteiger partial charge in [-0.15, -0.1) is 0 Å². The first-order valence-corrected chi connectivity index (χ1v) is 16.0. The second kappa shape index (κ2) is 12.7. The molecule has 212 valence electrons. The minimum Gasteiger partial charge on any atom is -0.494 e. The van der Waals surface area contributed by atoms with E-state index in [2.05, 4.69) is 24.0 Å². The molecule has 1 unspecified atom stereocenters. The smallest absolute Gasteiger partial charge is 0.254 e. The number of fused-ring (bicyclic) bond motifs is 1. The van der Waals surface area contributed by atoms with E-state index in [0.717, 1.165) is 78.8 Å². The number of allylic oxidation sites excluding steroid dienone is 1. The summed E-state index contributed by atoms with van der Waals surface area (Å²) in [6, 6.07) is 20.8. The van der Waals surface area contributed by atoms with E-state index < -0.39 is 10.8 Å². The van der Waals surface area contributed by atoms with Crippen molar-refractivity contribution in [1.29, 1.82) is 0 Å². The molecule has 0 saturated carbocycles. The summed E-state index contributed by atoms with van der Waals surface area (Å²) in [5.74, 6) is 0.975. The average molecular weight is 559 g/mol. The van der Waals surface area contributed by atoms with Crippen molar-refractivity contribution in [3.8, 4) is 5.75 Å². The molecule has 2 aliphatic heterocycles. The third-order valence-corrected chi connectivity index (χ3v) is 10.1. The van der Waals surface area contributed by atoms with Crippen LogP contribution in [0.4, 0.5) is 0 Å². The van der Waals surface area contributed by atoms with E-state index in [1.165, 1.54) is 16.7 Å². The van der Waals surface area contributed by atoms with Crippen LogP contribution in [-0.2, 0) is 10.8 Å². The summed E-state index contributed by atoms with van der Waals surface area (Å²) in [6.45, 7) is 12.6. The minimum absolute atomic E-state index is 0.132. The Bertz CT molecular complexity index is 1390. The highest BCUT2D eigenvalue weighted by atomic mass is 32.2. The largest absolute Gasteiger partial charge is 0.494 e. The van der Waals surface area contributed by atoms with Gasteiger partial charge in [-0.3, -0.25) is 13.9 Å². The Labute approximate surface area is 241 Å². The molecule has 3 aromatic rings. The highest BCUT2D eigenvalue weighted by Gasteiger charge is 2.29. The van der Waals surface area contributed by atoms with Crippen LogP contribution < -0.4 is 4.74 Å². The van der Waals surface area contributed by atoms with E-state index in [1.54, 1.807) is 0 Å². The predicted molar refractivity (Wildman–Crippen MR) is 165 cm³/mol. The molecular formula is C34H42N2O3S. The fourth-order valence-corrected chi connectivity index (χ4v) is 7.11. The Hall–Kier alpha value is -2.96. The molecule has 0 radical (unpaired) electrons. The Morgan fingerprint density at radius 3 is 2.33 bits per heavy atom. The van der Waals surface area contributed by atoms with Gasteiger partial charge in [0.2, 0.25) is 0 Å². The van der Waals surface area contributed by atoms with E-state index in [1.807, 2.05) is 74.2 Å². The van der Waals surface area contributed by atoms with Crippen molar-refractivity contribution >= 4 is 33.1 Å². The van der Waals surface area contributed by atoms with Crippen LogP contribution >= 0.6 is 0 Å². The maximum absolute atomic E-state index is 13.5. The van der Waals surface area contributed by atoms with Crippen LogP contribution in [0.2, 0.25) is 0 Å². The van der Waals surface area contributed by atoms with Gasteiger partial charge < -0.3 is 9.64 Å². The lowest BCUT2D eigenvalue weighted by atomic mass is 9.92. The van der Waals surface area contributed by atoms with Crippen molar-refractivity contribution in [3.63, 3.8) is 0 Å². The van der Waals surface area contributed by atoms with Gasteiger partial charge in [-0.2, -0.15) is 0 Å². The summed E-state index contributed by atoms with van der Waals surface area (Å²) in [5.41, 5.74) is 4.92. The monoisotopic (exact) mass is 558 g/mol. The molecule has 40 heavy (non-hydrogen) atoms. The number of carbonyl (C=O) groups is 1. The molecule has 0 N–H and O–H groups in total. The number of ether oxygens (including phenoxy) is 1. The zero-order valence-electron chi connectivity index (χ0n) is 24.3. The number of carbonyl (C=O) groups excluding carboxylic acids is 1. The van der Waals surface area contributed by atoms with Crippen LogP contribution in [0, 0.1) is 0 Å². The molecule has 5 nitrogen and oxygen atoms in total. The number of hydrogen-bond donors (Lipinski definition) is 0. The van der Waals surface area contributed by atoms with Crippen LogP contribution in [0.1, 0.15) is 69.3 Å². The Morgan fingerprint density at radius 1 is 0.975 bits per heavy atom. The Morgan fingerprint density at radius 2 is 1.68 bits per heavy atom. The molecule has 5 rings (SSSR count). The topological polar surface area (TPSA) is 49.9 Å². The van der Waals surface area contributed by atoms with E-state index in [0.29, 0.717) is 12.6 Å². The lowest BCUT2D eigenvalue weighted by Gasteiger charge is -2.41. The lowest BCUT2D eigenvalue weighted by molar-refractivity contribution is 0.0610. The number of benzene rings is 3. The van der Waals surface area contributed by atoms with Crippen molar-refractivity contribution in [2.24, 2.45) is 0 Å². The van der Waals surface area contributed by atoms with Crippen LogP contribution in [-0.4, -0.2) is 64.0 Å². The Balaban J connectivity index is 1.17. The molecule has 1 atom stereocenters. The summed E-state index contributed by atoms with van der Waals surface area (Å²) in [6.07, 6.45) is 4.23. The van der Waals surface area contributed by atoms with Crippen molar-refractivity contribution in [2.75, 3.05) is 32.8 Å². The maximum Gasteiger partial charge on any atom is 0.254 e. The molecule has 6 heteroatoms. The molecule has 2 saturated heterocycles. The van der Waals surface area contributed by atoms with Gasteiger partial charge in [0.25, 0.3) is 5.91 Å². The third kappa shape index (κ3) is 6.18. The van der Waals surface area contributed by atoms with E-state index in [-0.39, 0.29) is 11.2 Å². The highest BCUT2D eigenvalue weighted by Crippen LogP contribution is 2.31. The molecule has 1 amide bonds. The predicted octanol–water partition coefficient (Wildman–Crippen LogP) is 6.93.